The number of aryl methyl sites for hydroxylation is 2. The van der Waals surface area contributed by atoms with E-state index in [0.29, 0.717) is 23.3 Å². The summed E-state index contributed by atoms with van der Waals surface area (Å²) in [6, 6.07) is 11.6. The lowest BCUT2D eigenvalue weighted by atomic mass is 10.1. The molecule has 5 nitrogen and oxygen atoms in total. The Hall–Kier alpha value is -2.31. The van der Waals surface area contributed by atoms with Crippen molar-refractivity contribution in [2.45, 2.75) is 32.8 Å². The molecule has 1 fully saturated rings. The van der Waals surface area contributed by atoms with Gasteiger partial charge < -0.3 is 15.0 Å². The van der Waals surface area contributed by atoms with Gasteiger partial charge in [0.15, 0.2) is 0 Å². The summed E-state index contributed by atoms with van der Waals surface area (Å²) in [4.78, 5) is 18.9. The fourth-order valence-corrected chi connectivity index (χ4v) is 4.47. The zero-order valence-corrected chi connectivity index (χ0v) is 17.4. The Morgan fingerprint density at radius 1 is 1.21 bits per heavy atom. The lowest BCUT2D eigenvalue weighted by molar-refractivity contribution is 0.115. The number of benzene rings is 2. The van der Waals surface area contributed by atoms with Gasteiger partial charge in [-0.3, -0.25) is 0 Å². The number of urea groups is 1. The van der Waals surface area contributed by atoms with Gasteiger partial charge in [0.25, 0.3) is 5.19 Å². The molecule has 1 aromatic heterocycles. The predicted molar refractivity (Wildman–Crippen MR) is 115 cm³/mol. The molecule has 2 aromatic carbocycles. The summed E-state index contributed by atoms with van der Waals surface area (Å²) in [5.41, 5.74) is 4.00. The molecule has 28 heavy (non-hydrogen) atoms. The molecular formula is C21H22ClN3O2S. The van der Waals surface area contributed by atoms with Crippen LogP contribution in [0.4, 0.5) is 10.5 Å². The van der Waals surface area contributed by atoms with Crippen molar-refractivity contribution in [1.82, 2.24) is 9.88 Å². The minimum atomic E-state index is -0.0616. The van der Waals surface area contributed by atoms with Crippen molar-refractivity contribution in [1.29, 1.82) is 0 Å². The molecule has 146 valence electrons. The summed E-state index contributed by atoms with van der Waals surface area (Å²) in [6.45, 7) is 5.42. The molecule has 1 saturated heterocycles. The molecule has 2 amide bonds. The van der Waals surface area contributed by atoms with Crippen molar-refractivity contribution >= 4 is 44.9 Å². The SMILES string of the molecule is Cc1ccc(NC(=O)N2CCC(Oc3nc4c(Cl)cccc4s3)CC2)cc1C. The predicted octanol–water partition coefficient (Wildman–Crippen LogP) is 5.64. The first-order chi connectivity index (χ1) is 13.5. The Bertz CT molecular complexity index is 1010. The van der Waals surface area contributed by atoms with Crippen molar-refractivity contribution in [3.05, 3.63) is 52.5 Å². The molecule has 0 unspecified atom stereocenters. The number of fused-ring (bicyclic) bond motifs is 1. The maximum Gasteiger partial charge on any atom is 0.321 e. The summed E-state index contributed by atoms with van der Waals surface area (Å²) < 4.78 is 7.08. The van der Waals surface area contributed by atoms with Crippen LogP contribution in [0.5, 0.6) is 5.19 Å². The van der Waals surface area contributed by atoms with Gasteiger partial charge in [-0.2, -0.15) is 0 Å². The van der Waals surface area contributed by atoms with Gasteiger partial charge in [0.2, 0.25) is 0 Å². The quantitative estimate of drug-likeness (QED) is 0.602. The van der Waals surface area contributed by atoms with Crippen molar-refractivity contribution in [2.24, 2.45) is 0 Å². The lowest BCUT2D eigenvalue weighted by Crippen LogP contribution is -2.43. The number of halogens is 1. The van der Waals surface area contributed by atoms with Crippen LogP contribution in [0.25, 0.3) is 10.2 Å². The molecule has 1 N–H and O–H groups in total. The fraction of sp³-hybridized carbons (Fsp3) is 0.333. The van der Waals surface area contributed by atoms with Gasteiger partial charge in [0.05, 0.1) is 9.72 Å². The van der Waals surface area contributed by atoms with Gasteiger partial charge in [0.1, 0.15) is 11.6 Å². The summed E-state index contributed by atoms with van der Waals surface area (Å²) in [5.74, 6) is 0. The first-order valence-electron chi connectivity index (χ1n) is 9.34. The minimum Gasteiger partial charge on any atom is -0.467 e. The average Bonchev–Trinajstić information content (AvgIpc) is 3.09. The van der Waals surface area contributed by atoms with E-state index in [1.54, 1.807) is 0 Å². The van der Waals surface area contributed by atoms with Gasteiger partial charge in [-0.05, 0) is 49.2 Å². The maximum atomic E-state index is 12.5. The molecular weight excluding hydrogens is 394 g/mol. The Morgan fingerprint density at radius 3 is 2.71 bits per heavy atom. The molecule has 0 aliphatic carbocycles. The van der Waals surface area contributed by atoms with Gasteiger partial charge in [-0.15, -0.1) is 0 Å². The van der Waals surface area contributed by atoms with E-state index in [1.807, 2.05) is 48.2 Å². The second-order valence-electron chi connectivity index (χ2n) is 7.10. The number of hydrogen-bond acceptors (Lipinski definition) is 4. The number of likely N-dealkylation sites (tertiary alicyclic amines) is 1. The second-order valence-corrected chi connectivity index (χ2v) is 8.50. The molecule has 0 atom stereocenters. The third kappa shape index (κ3) is 4.08. The second kappa shape index (κ2) is 7.97. The Balaban J connectivity index is 1.32. The summed E-state index contributed by atoms with van der Waals surface area (Å²) in [7, 11) is 0. The Labute approximate surface area is 173 Å². The van der Waals surface area contributed by atoms with Gasteiger partial charge in [-0.1, -0.05) is 35.1 Å². The molecule has 0 saturated carbocycles. The number of anilines is 1. The summed E-state index contributed by atoms with van der Waals surface area (Å²) in [6.07, 6.45) is 1.62. The zero-order valence-electron chi connectivity index (χ0n) is 15.9. The number of nitrogens with one attached hydrogen (secondary N) is 1. The topological polar surface area (TPSA) is 54.5 Å². The molecule has 7 heteroatoms. The van der Waals surface area contributed by atoms with Crippen molar-refractivity contribution in [2.75, 3.05) is 18.4 Å². The van der Waals surface area contributed by atoms with Crippen LogP contribution in [0.1, 0.15) is 24.0 Å². The van der Waals surface area contributed by atoms with E-state index in [0.717, 1.165) is 28.7 Å². The van der Waals surface area contributed by atoms with E-state index in [-0.39, 0.29) is 12.1 Å². The molecule has 1 aliphatic rings. The number of thiazole rings is 1. The van der Waals surface area contributed by atoms with Crippen LogP contribution in [0.3, 0.4) is 0 Å². The van der Waals surface area contributed by atoms with Crippen LogP contribution >= 0.6 is 22.9 Å². The van der Waals surface area contributed by atoms with E-state index in [1.165, 1.54) is 22.5 Å². The van der Waals surface area contributed by atoms with Crippen molar-refractivity contribution in [3.8, 4) is 5.19 Å². The van der Waals surface area contributed by atoms with Crippen LogP contribution in [-0.4, -0.2) is 35.1 Å². The summed E-state index contributed by atoms with van der Waals surface area (Å²) >= 11 is 7.70. The number of ether oxygens (including phenoxy) is 1. The number of piperidine rings is 1. The van der Waals surface area contributed by atoms with E-state index in [9.17, 15) is 4.79 Å². The standard InChI is InChI=1S/C21H22ClN3O2S/c1-13-6-7-15(12-14(13)2)23-20(26)25-10-8-16(9-11-25)27-21-24-19-17(22)4-3-5-18(19)28-21/h3-7,12,16H,8-11H2,1-2H3,(H,23,26). The zero-order chi connectivity index (χ0) is 19.7. The average molecular weight is 416 g/mol. The van der Waals surface area contributed by atoms with Gasteiger partial charge in [-0.25, -0.2) is 9.78 Å². The first-order valence-corrected chi connectivity index (χ1v) is 10.5. The largest absolute Gasteiger partial charge is 0.467 e. The maximum absolute atomic E-state index is 12.5. The highest BCUT2D eigenvalue weighted by atomic mass is 35.5. The number of rotatable bonds is 3. The number of carbonyl (C=O) groups is 1. The number of carbonyl (C=O) groups excluding carboxylic acids is 1. The first kappa shape index (κ1) is 19.0. The Kier molecular flexibility index (Phi) is 5.42. The van der Waals surface area contributed by atoms with Crippen LogP contribution in [0.2, 0.25) is 5.02 Å². The highest BCUT2D eigenvalue weighted by Crippen LogP contribution is 2.33. The normalized spacial score (nSPS) is 15.0. The van der Waals surface area contributed by atoms with E-state index in [4.69, 9.17) is 16.3 Å². The van der Waals surface area contributed by atoms with Crippen LogP contribution < -0.4 is 10.1 Å². The molecule has 1 aliphatic heterocycles. The van der Waals surface area contributed by atoms with E-state index >= 15 is 0 Å². The van der Waals surface area contributed by atoms with E-state index in [2.05, 4.69) is 17.2 Å². The van der Waals surface area contributed by atoms with Crippen molar-refractivity contribution < 1.29 is 9.53 Å². The van der Waals surface area contributed by atoms with Crippen LogP contribution in [0, 0.1) is 13.8 Å². The third-order valence-electron chi connectivity index (χ3n) is 5.10. The minimum absolute atomic E-state index is 0.0602. The highest BCUT2D eigenvalue weighted by Gasteiger charge is 2.25. The molecule has 0 bridgehead atoms. The van der Waals surface area contributed by atoms with E-state index < -0.39 is 0 Å². The monoisotopic (exact) mass is 415 g/mol. The van der Waals surface area contributed by atoms with Crippen molar-refractivity contribution in [3.63, 3.8) is 0 Å². The van der Waals surface area contributed by atoms with Crippen LogP contribution in [0.15, 0.2) is 36.4 Å². The van der Waals surface area contributed by atoms with Crippen LogP contribution in [-0.2, 0) is 0 Å². The number of aromatic nitrogens is 1. The molecule has 0 radical (unpaired) electrons. The molecule has 2 heterocycles. The summed E-state index contributed by atoms with van der Waals surface area (Å²) in [5, 5.41) is 4.27. The molecule has 4 rings (SSSR count). The number of nitrogens with zero attached hydrogens (tertiary/aromatic N) is 2. The highest BCUT2D eigenvalue weighted by molar-refractivity contribution is 7.20. The van der Waals surface area contributed by atoms with Gasteiger partial charge in [0, 0.05) is 31.6 Å². The fourth-order valence-electron chi connectivity index (χ4n) is 3.29. The molecule has 0 spiro atoms. The number of para-hydroxylation sites is 1. The number of amides is 2. The Morgan fingerprint density at radius 2 is 2.00 bits per heavy atom. The number of hydrogen-bond donors (Lipinski definition) is 1. The molecule has 3 aromatic rings. The lowest BCUT2D eigenvalue weighted by Gasteiger charge is -2.31. The van der Waals surface area contributed by atoms with Gasteiger partial charge >= 0.3 is 6.03 Å². The smallest absolute Gasteiger partial charge is 0.321 e. The third-order valence-corrected chi connectivity index (χ3v) is 6.32.